The molecule has 1 amide bonds. The Morgan fingerprint density at radius 2 is 1.74 bits per heavy atom. The SMILES string of the molecule is COc1c(Cl)cc(/C=N\NC(=O)c2ccc(Cl)cc2Cl)cc1Cl. The highest BCUT2D eigenvalue weighted by molar-refractivity contribution is 6.38. The summed E-state index contributed by atoms with van der Waals surface area (Å²) < 4.78 is 5.05. The van der Waals surface area contributed by atoms with Crippen LogP contribution >= 0.6 is 46.4 Å². The van der Waals surface area contributed by atoms with E-state index in [4.69, 9.17) is 51.1 Å². The maximum absolute atomic E-state index is 12.0. The van der Waals surface area contributed by atoms with Gasteiger partial charge >= 0.3 is 0 Å². The minimum atomic E-state index is -0.464. The molecule has 23 heavy (non-hydrogen) atoms. The molecule has 2 aromatic rings. The molecular formula is C15H10Cl4N2O2. The number of nitrogens with zero attached hydrogens (tertiary/aromatic N) is 1. The molecule has 1 N–H and O–H groups in total. The zero-order chi connectivity index (χ0) is 17.0. The third-order valence-electron chi connectivity index (χ3n) is 2.78. The molecule has 0 aromatic heterocycles. The fraction of sp³-hybridized carbons (Fsp3) is 0.0667. The smallest absolute Gasteiger partial charge is 0.272 e. The van der Waals surface area contributed by atoms with Crippen LogP contribution in [-0.4, -0.2) is 19.2 Å². The van der Waals surface area contributed by atoms with Crippen molar-refractivity contribution in [3.8, 4) is 5.75 Å². The summed E-state index contributed by atoms with van der Waals surface area (Å²) in [4.78, 5) is 12.0. The highest BCUT2D eigenvalue weighted by Crippen LogP contribution is 2.33. The molecule has 0 bridgehead atoms. The van der Waals surface area contributed by atoms with E-state index < -0.39 is 5.91 Å². The van der Waals surface area contributed by atoms with Gasteiger partial charge in [-0.3, -0.25) is 4.79 Å². The molecule has 0 atom stereocenters. The first-order valence-corrected chi connectivity index (χ1v) is 7.75. The van der Waals surface area contributed by atoms with E-state index in [9.17, 15) is 4.79 Å². The Morgan fingerprint density at radius 1 is 1.09 bits per heavy atom. The van der Waals surface area contributed by atoms with Crippen molar-refractivity contribution in [2.45, 2.75) is 0 Å². The van der Waals surface area contributed by atoms with Crippen molar-refractivity contribution in [3.05, 3.63) is 61.5 Å². The summed E-state index contributed by atoms with van der Waals surface area (Å²) >= 11 is 23.8. The number of amides is 1. The van der Waals surface area contributed by atoms with Gasteiger partial charge in [-0.25, -0.2) is 5.43 Å². The zero-order valence-electron chi connectivity index (χ0n) is 11.7. The zero-order valence-corrected chi connectivity index (χ0v) is 14.8. The Balaban J connectivity index is 2.11. The molecule has 0 unspecified atom stereocenters. The molecule has 0 saturated carbocycles. The van der Waals surface area contributed by atoms with Crippen LogP contribution in [-0.2, 0) is 0 Å². The largest absolute Gasteiger partial charge is 0.494 e. The molecule has 0 aliphatic carbocycles. The number of carbonyl (C=O) groups is 1. The molecule has 8 heteroatoms. The molecule has 120 valence electrons. The van der Waals surface area contributed by atoms with Crippen LogP contribution in [0.3, 0.4) is 0 Å². The second kappa shape index (κ2) is 7.88. The van der Waals surface area contributed by atoms with Gasteiger partial charge in [0.05, 0.1) is 34.0 Å². The van der Waals surface area contributed by atoms with Crippen molar-refractivity contribution in [1.29, 1.82) is 0 Å². The maximum Gasteiger partial charge on any atom is 0.272 e. The second-order valence-corrected chi connectivity index (χ2v) is 6.00. The number of halogens is 4. The van der Waals surface area contributed by atoms with E-state index in [1.807, 2.05) is 0 Å². The summed E-state index contributed by atoms with van der Waals surface area (Å²) in [6.07, 6.45) is 1.40. The number of hydrazone groups is 1. The molecule has 0 aliphatic heterocycles. The van der Waals surface area contributed by atoms with Crippen LogP contribution in [0.2, 0.25) is 20.1 Å². The molecule has 0 radical (unpaired) electrons. The quantitative estimate of drug-likeness (QED) is 0.584. The summed E-state index contributed by atoms with van der Waals surface area (Å²) in [7, 11) is 1.47. The number of methoxy groups -OCH3 is 1. The lowest BCUT2D eigenvalue weighted by Gasteiger charge is -2.06. The fourth-order valence-electron chi connectivity index (χ4n) is 1.75. The molecule has 0 heterocycles. The van der Waals surface area contributed by atoms with Gasteiger partial charge < -0.3 is 4.74 Å². The number of nitrogens with one attached hydrogen (secondary N) is 1. The fourth-order valence-corrected chi connectivity index (χ4v) is 2.90. The lowest BCUT2D eigenvalue weighted by atomic mass is 10.2. The van der Waals surface area contributed by atoms with E-state index >= 15 is 0 Å². The molecule has 0 saturated heterocycles. The highest BCUT2D eigenvalue weighted by atomic mass is 35.5. The van der Waals surface area contributed by atoms with E-state index in [1.165, 1.54) is 25.5 Å². The Bertz CT molecular complexity index is 755. The summed E-state index contributed by atoms with van der Waals surface area (Å²) in [6.45, 7) is 0. The second-order valence-electron chi connectivity index (χ2n) is 4.34. The molecular weight excluding hydrogens is 382 g/mol. The van der Waals surface area contributed by atoms with Gasteiger partial charge in [0.2, 0.25) is 0 Å². The van der Waals surface area contributed by atoms with Gasteiger partial charge in [-0.05, 0) is 35.9 Å². The lowest BCUT2D eigenvalue weighted by Crippen LogP contribution is -2.18. The van der Waals surface area contributed by atoms with E-state index in [2.05, 4.69) is 10.5 Å². The van der Waals surface area contributed by atoms with Crippen LogP contribution in [0.5, 0.6) is 5.75 Å². The van der Waals surface area contributed by atoms with Crippen molar-refractivity contribution in [2.75, 3.05) is 7.11 Å². The molecule has 0 aliphatic rings. The minimum Gasteiger partial charge on any atom is -0.494 e. The minimum absolute atomic E-state index is 0.237. The molecule has 2 rings (SSSR count). The number of hydrogen-bond acceptors (Lipinski definition) is 3. The van der Waals surface area contributed by atoms with E-state index in [1.54, 1.807) is 18.2 Å². The molecule has 0 spiro atoms. The van der Waals surface area contributed by atoms with Crippen molar-refractivity contribution in [2.24, 2.45) is 5.10 Å². The summed E-state index contributed by atoms with van der Waals surface area (Å²) in [5.74, 6) is -0.0870. The van der Waals surface area contributed by atoms with Crippen molar-refractivity contribution in [1.82, 2.24) is 5.43 Å². The summed E-state index contributed by atoms with van der Waals surface area (Å²) in [5.41, 5.74) is 3.22. The first-order chi connectivity index (χ1) is 10.9. The Morgan fingerprint density at radius 3 is 2.30 bits per heavy atom. The number of rotatable bonds is 4. The monoisotopic (exact) mass is 390 g/mol. The number of hydrogen-bond donors (Lipinski definition) is 1. The van der Waals surface area contributed by atoms with Crippen LogP contribution in [0.25, 0.3) is 0 Å². The first-order valence-electron chi connectivity index (χ1n) is 6.24. The van der Waals surface area contributed by atoms with E-state index in [0.29, 0.717) is 26.4 Å². The van der Waals surface area contributed by atoms with Gasteiger partial charge in [0.25, 0.3) is 5.91 Å². The van der Waals surface area contributed by atoms with Crippen LogP contribution in [0.1, 0.15) is 15.9 Å². The molecule has 2 aromatic carbocycles. The van der Waals surface area contributed by atoms with Gasteiger partial charge in [-0.2, -0.15) is 5.10 Å². The molecule has 0 fully saturated rings. The Kier molecular flexibility index (Phi) is 6.13. The number of carbonyl (C=O) groups excluding carboxylic acids is 1. The van der Waals surface area contributed by atoms with Gasteiger partial charge in [0, 0.05) is 5.02 Å². The van der Waals surface area contributed by atoms with Crippen LogP contribution in [0, 0.1) is 0 Å². The number of benzene rings is 2. The van der Waals surface area contributed by atoms with E-state index in [-0.39, 0.29) is 10.6 Å². The van der Waals surface area contributed by atoms with Crippen molar-refractivity contribution in [3.63, 3.8) is 0 Å². The van der Waals surface area contributed by atoms with Gasteiger partial charge in [-0.15, -0.1) is 0 Å². The maximum atomic E-state index is 12.0. The van der Waals surface area contributed by atoms with E-state index in [0.717, 1.165) is 0 Å². The van der Waals surface area contributed by atoms with Crippen molar-refractivity contribution < 1.29 is 9.53 Å². The lowest BCUT2D eigenvalue weighted by molar-refractivity contribution is 0.0955. The predicted molar refractivity (Wildman–Crippen MR) is 94.5 cm³/mol. The van der Waals surface area contributed by atoms with Crippen LogP contribution < -0.4 is 10.2 Å². The molecule has 4 nitrogen and oxygen atoms in total. The van der Waals surface area contributed by atoms with Crippen molar-refractivity contribution >= 4 is 58.5 Å². The summed E-state index contributed by atoms with van der Waals surface area (Å²) in [6, 6.07) is 7.77. The van der Waals surface area contributed by atoms with Crippen LogP contribution in [0.15, 0.2) is 35.4 Å². The van der Waals surface area contributed by atoms with Gasteiger partial charge in [-0.1, -0.05) is 46.4 Å². The first kappa shape index (κ1) is 17.9. The summed E-state index contributed by atoms with van der Waals surface area (Å²) in [5, 5.41) is 5.21. The predicted octanol–water partition coefficient (Wildman–Crippen LogP) is 5.07. The van der Waals surface area contributed by atoms with Gasteiger partial charge in [0.1, 0.15) is 0 Å². The third kappa shape index (κ3) is 4.52. The van der Waals surface area contributed by atoms with Crippen LogP contribution in [0.4, 0.5) is 0 Å². The Hall–Kier alpha value is -1.46. The Labute approximate surface area is 152 Å². The van der Waals surface area contributed by atoms with Gasteiger partial charge in [0.15, 0.2) is 5.75 Å². The standard InChI is InChI=1S/C15H10Cl4N2O2/c1-23-14-12(18)4-8(5-13(14)19)7-20-21-15(22)10-3-2-9(16)6-11(10)17/h2-7H,1H3,(H,21,22)/b20-7-. The average molecular weight is 392 g/mol. The normalized spacial score (nSPS) is 10.8. The number of ether oxygens (including phenoxy) is 1. The topological polar surface area (TPSA) is 50.7 Å². The third-order valence-corrected chi connectivity index (χ3v) is 3.89. The average Bonchev–Trinajstić information content (AvgIpc) is 2.46. The highest BCUT2D eigenvalue weighted by Gasteiger charge is 2.10.